The molecule has 1 fully saturated rings. The van der Waals surface area contributed by atoms with Gasteiger partial charge in [-0.3, -0.25) is 0 Å². The number of ether oxygens (including phenoxy) is 1. The summed E-state index contributed by atoms with van der Waals surface area (Å²) in [4.78, 5) is 10.9. The molecule has 0 radical (unpaired) electrons. The van der Waals surface area contributed by atoms with Crippen molar-refractivity contribution in [2.75, 3.05) is 25.1 Å². The molecule has 1 heterocycles. The van der Waals surface area contributed by atoms with E-state index in [1.165, 1.54) is 0 Å². The van der Waals surface area contributed by atoms with Crippen molar-refractivity contribution in [2.45, 2.75) is 32.7 Å². The molecular formula is C13H22N4O. The van der Waals surface area contributed by atoms with Gasteiger partial charge in [-0.15, -0.1) is 0 Å². The maximum atomic E-state index is 5.81. The van der Waals surface area contributed by atoms with Crippen molar-refractivity contribution in [2.24, 2.45) is 11.7 Å². The molecule has 0 unspecified atom stereocenters. The summed E-state index contributed by atoms with van der Waals surface area (Å²) < 4.78 is 5.44. The molecule has 0 bridgehead atoms. The largest absolute Gasteiger partial charge is 0.478 e. The van der Waals surface area contributed by atoms with Crippen LogP contribution in [-0.4, -0.2) is 36.2 Å². The minimum Gasteiger partial charge on any atom is -0.478 e. The fraction of sp³-hybridized carbons (Fsp3) is 0.692. The standard InChI is InChI=1S/C13H22N4O/c1-4-18-13-7-12(15-9(2)16-13)17(3)8-10-5-11(14)6-10/h7,10-11H,4-6,8,14H2,1-3H3. The molecule has 0 atom stereocenters. The monoisotopic (exact) mass is 250 g/mol. The number of nitrogens with zero attached hydrogens (tertiary/aromatic N) is 3. The molecule has 0 spiro atoms. The molecular weight excluding hydrogens is 228 g/mol. The number of anilines is 1. The molecule has 1 aromatic heterocycles. The van der Waals surface area contributed by atoms with Crippen molar-refractivity contribution in [3.05, 3.63) is 11.9 Å². The zero-order valence-corrected chi connectivity index (χ0v) is 11.4. The molecule has 1 aliphatic rings. The molecule has 2 rings (SSSR count). The average molecular weight is 250 g/mol. The van der Waals surface area contributed by atoms with Gasteiger partial charge in [-0.05, 0) is 32.6 Å². The number of rotatable bonds is 5. The Bertz CT molecular complexity index is 404. The number of hydrogen-bond acceptors (Lipinski definition) is 5. The highest BCUT2D eigenvalue weighted by molar-refractivity contribution is 5.41. The quantitative estimate of drug-likeness (QED) is 0.854. The molecule has 1 saturated carbocycles. The lowest BCUT2D eigenvalue weighted by Gasteiger charge is -2.35. The van der Waals surface area contributed by atoms with Crippen molar-refractivity contribution in [1.82, 2.24) is 9.97 Å². The minimum absolute atomic E-state index is 0.398. The molecule has 1 aromatic rings. The lowest BCUT2D eigenvalue weighted by atomic mass is 9.81. The van der Waals surface area contributed by atoms with Crippen LogP contribution in [0.4, 0.5) is 5.82 Å². The summed E-state index contributed by atoms with van der Waals surface area (Å²) in [6.45, 7) is 5.46. The maximum absolute atomic E-state index is 5.81. The predicted molar refractivity (Wildman–Crippen MR) is 71.9 cm³/mol. The highest BCUT2D eigenvalue weighted by Crippen LogP contribution is 2.27. The smallest absolute Gasteiger partial charge is 0.218 e. The molecule has 0 aliphatic heterocycles. The van der Waals surface area contributed by atoms with E-state index >= 15 is 0 Å². The summed E-state index contributed by atoms with van der Waals surface area (Å²) in [5.41, 5.74) is 5.81. The molecule has 0 saturated heterocycles. The van der Waals surface area contributed by atoms with E-state index in [9.17, 15) is 0 Å². The summed E-state index contributed by atoms with van der Waals surface area (Å²) in [5, 5.41) is 0. The van der Waals surface area contributed by atoms with Gasteiger partial charge in [0.25, 0.3) is 0 Å². The van der Waals surface area contributed by atoms with Crippen LogP contribution in [0.2, 0.25) is 0 Å². The van der Waals surface area contributed by atoms with Crippen LogP contribution < -0.4 is 15.4 Å². The van der Waals surface area contributed by atoms with E-state index in [0.29, 0.717) is 24.4 Å². The van der Waals surface area contributed by atoms with Gasteiger partial charge in [-0.2, -0.15) is 4.98 Å². The number of aryl methyl sites for hydroxylation is 1. The molecule has 5 nitrogen and oxygen atoms in total. The van der Waals surface area contributed by atoms with Gasteiger partial charge in [-0.1, -0.05) is 0 Å². The summed E-state index contributed by atoms with van der Waals surface area (Å²) in [6, 6.07) is 2.30. The van der Waals surface area contributed by atoms with Crippen LogP contribution in [0.15, 0.2) is 6.07 Å². The third-order valence-electron chi connectivity index (χ3n) is 3.29. The summed E-state index contributed by atoms with van der Waals surface area (Å²) >= 11 is 0. The number of nitrogens with two attached hydrogens (primary N) is 1. The van der Waals surface area contributed by atoms with Gasteiger partial charge >= 0.3 is 0 Å². The van der Waals surface area contributed by atoms with E-state index in [1.54, 1.807) is 0 Å². The normalized spacial score (nSPS) is 22.4. The Morgan fingerprint density at radius 3 is 2.78 bits per heavy atom. The van der Waals surface area contributed by atoms with E-state index in [0.717, 1.165) is 31.0 Å². The van der Waals surface area contributed by atoms with E-state index in [2.05, 4.69) is 21.9 Å². The van der Waals surface area contributed by atoms with Crippen molar-refractivity contribution in [1.29, 1.82) is 0 Å². The Kier molecular flexibility index (Phi) is 4.01. The second kappa shape index (κ2) is 5.52. The molecule has 0 amide bonds. The van der Waals surface area contributed by atoms with Crippen molar-refractivity contribution in [3.63, 3.8) is 0 Å². The Hall–Kier alpha value is -1.36. The minimum atomic E-state index is 0.398. The van der Waals surface area contributed by atoms with Crippen LogP contribution >= 0.6 is 0 Å². The second-order valence-corrected chi connectivity index (χ2v) is 5.02. The zero-order valence-electron chi connectivity index (χ0n) is 11.4. The Morgan fingerprint density at radius 1 is 1.44 bits per heavy atom. The zero-order chi connectivity index (χ0) is 13.1. The Labute approximate surface area is 108 Å². The van der Waals surface area contributed by atoms with E-state index in [-0.39, 0.29) is 0 Å². The third kappa shape index (κ3) is 3.10. The van der Waals surface area contributed by atoms with Gasteiger partial charge in [0.2, 0.25) is 5.88 Å². The predicted octanol–water partition coefficient (Wildman–Crippen LogP) is 1.36. The lowest BCUT2D eigenvalue weighted by molar-refractivity contribution is 0.270. The Balaban J connectivity index is 2.02. The summed E-state index contributed by atoms with van der Waals surface area (Å²) in [5.74, 6) is 3.01. The molecule has 0 aromatic carbocycles. The highest BCUT2D eigenvalue weighted by Gasteiger charge is 2.27. The van der Waals surface area contributed by atoms with Gasteiger partial charge in [-0.25, -0.2) is 4.98 Å². The fourth-order valence-corrected chi connectivity index (χ4v) is 2.36. The van der Waals surface area contributed by atoms with Crippen LogP contribution in [-0.2, 0) is 0 Å². The number of aromatic nitrogens is 2. The van der Waals surface area contributed by atoms with E-state index in [4.69, 9.17) is 10.5 Å². The van der Waals surface area contributed by atoms with Gasteiger partial charge in [0.15, 0.2) is 0 Å². The van der Waals surface area contributed by atoms with Gasteiger partial charge < -0.3 is 15.4 Å². The topological polar surface area (TPSA) is 64.3 Å². The first kappa shape index (κ1) is 13.1. The fourth-order valence-electron chi connectivity index (χ4n) is 2.36. The second-order valence-electron chi connectivity index (χ2n) is 5.02. The van der Waals surface area contributed by atoms with Crippen LogP contribution in [0.5, 0.6) is 5.88 Å². The van der Waals surface area contributed by atoms with E-state index < -0.39 is 0 Å². The van der Waals surface area contributed by atoms with Gasteiger partial charge in [0.05, 0.1) is 6.61 Å². The average Bonchev–Trinajstić information content (AvgIpc) is 2.26. The first-order valence-corrected chi connectivity index (χ1v) is 6.53. The van der Waals surface area contributed by atoms with Crippen LogP contribution in [0.25, 0.3) is 0 Å². The summed E-state index contributed by atoms with van der Waals surface area (Å²) in [6.07, 6.45) is 2.24. The SMILES string of the molecule is CCOc1cc(N(C)CC2CC(N)C2)nc(C)n1. The maximum Gasteiger partial charge on any atom is 0.218 e. The molecule has 5 heteroatoms. The van der Waals surface area contributed by atoms with Crippen LogP contribution in [0.1, 0.15) is 25.6 Å². The first-order chi connectivity index (χ1) is 8.58. The van der Waals surface area contributed by atoms with E-state index in [1.807, 2.05) is 19.9 Å². The molecule has 2 N–H and O–H groups in total. The number of hydrogen-bond donors (Lipinski definition) is 1. The van der Waals surface area contributed by atoms with Gasteiger partial charge in [0, 0.05) is 25.7 Å². The van der Waals surface area contributed by atoms with Crippen molar-refractivity contribution >= 4 is 5.82 Å². The third-order valence-corrected chi connectivity index (χ3v) is 3.29. The van der Waals surface area contributed by atoms with Crippen LogP contribution in [0.3, 0.4) is 0 Å². The summed E-state index contributed by atoms with van der Waals surface area (Å²) in [7, 11) is 2.06. The van der Waals surface area contributed by atoms with Crippen LogP contribution in [0, 0.1) is 12.8 Å². The molecule has 18 heavy (non-hydrogen) atoms. The van der Waals surface area contributed by atoms with Gasteiger partial charge in [0.1, 0.15) is 11.6 Å². The molecule has 100 valence electrons. The molecule has 1 aliphatic carbocycles. The lowest BCUT2D eigenvalue weighted by Crippen LogP contribution is -2.42. The van der Waals surface area contributed by atoms with Crippen molar-refractivity contribution < 1.29 is 4.74 Å². The first-order valence-electron chi connectivity index (χ1n) is 6.53. The highest BCUT2D eigenvalue weighted by atomic mass is 16.5. The Morgan fingerprint density at radius 2 is 2.17 bits per heavy atom. The van der Waals surface area contributed by atoms with Crippen molar-refractivity contribution in [3.8, 4) is 5.88 Å².